The normalized spacial score (nSPS) is 15.5. The van der Waals surface area contributed by atoms with Gasteiger partial charge < -0.3 is 19.5 Å². The average Bonchev–Trinajstić information content (AvgIpc) is 2.60. The molecule has 124 valence electrons. The molecule has 1 atom stereocenters. The SMILES string of the molecule is COC(=O)c1ccc(Cl)cc1NC(=O)[C@@H]1COc2ccccc2O1. The molecule has 0 saturated heterocycles. The number of esters is 1. The van der Waals surface area contributed by atoms with E-state index in [1.807, 2.05) is 6.07 Å². The van der Waals surface area contributed by atoms with E-state index in [-0.39, 0.29) is 17.9 Å². The number of fused-ring (bicyclic) bond motifs is 1. The lowest BCUT2D eigenvalue weighted by Crippen LogP contribution is -2.40. The molecule has 0 aromatic heterocycles. The number of anilines is 1. The van der Waals surface area contributed by atoms with Crippen LogP contribution in [0.25, 0.3) is 0 Å². The third-order valence-corrected chi connectivity index (χ3v) is 3.68. The Morgan fingerprint density at radius 2 is 1.96 bits per heavy atom. The Morgan fingerprint density at radius 1 is 1.21 bits per heavy atom. The molecule has 6 nitrogen and oxygen atoms in total. The van der Waals surface area contributed by atoms with Crippen molar-refractivity contribution in [2.24, 2.45) is 0 Å². The van der Waals surface area contributed by atoms with E-state index < -0.39 is 18.0 Å². The second kappa shape index (κ2) is 6.80. The molecule has 0 fully saturated rings. The van der Waals surface area contributed by atoms with E-state index in [1.54, 1.807) is 24.3 Å². The number of hydrogen-bond acceptors (Lipinski definition) is 5. The van der Waals surface area contributed by atoms with Gasteiger partial charge in [0.25, 0.3) is 5.91 Å². The predicted octanol–water partition coefficient (Wildman–Crippen LogP) is 2.91. The largest absolute Gasteiger partial charge is 0.485 e. The van der Waals surface area contributed by atoms with Crippen molar-refractivity contribution in [3.63, 3.8) is 0 Å². The van der Waals surface area contributed by atoms with Crippen molar-refractivity contribution in [3.8, 4) is 11.5 Å². The molecule has 7 heteroatoms. The summed E-state index contributed by atoms with van der Waals surface area (Å²) >= 11 is 5.94. The van der Waals surface area contributed by atoms with Crippen molar-refractivity contribution < 1.29 is 23.8 Å². The van der Waals surface area contributed by atoms with Crippen LogP contribution in [0.2, 0.25) is 5.02 Å². The zero-order chi connectivity index (χ0) is 17.1. The topological polar surface area (TPSA) is 73.9 Å². The molecule has 0 aliphatic carbocycles. The number of para-hydroxylation sites is 2. The Hall–Kier alpha value is -2.73. The van der Waals surface area contributed by atoms with Crippen LogP contribution in [0.1, 0.15) is 10.4 Å². The van der Waals surface area contributed by atoms with Gasteiger partial charge in [-0.25, -0.2) is 4.79 Å². The average molecular weight is 348 g/mol. The van der Waals surface area contributed by atoms with Crippen molar-refractivity contribution in [2.75, 3.05) is 19.0 Å². The number of halogens is 1. The molecule has 0 saturated carbocycles. The van der Waals surface area contributed by atoms with Crippen molar-refractivity contribution >= 4 is 29.2 Å². The molecule has 2 aromatic carbocycles. The summed E-state index contributed by atoms with van der Waals surface area (Å²) in [5.41, 5.74) is 0.453. The summed E-state index contributed by atoms with van der Waals surface area (Å²) in [6.07, 6.45) is -0.843. The first-order valence-corrected chi connectivity index (χ1v) is 7.53. The van der Waals surface area contributed by atoms with Gasteiger partial charge in [0.2, 0.25) is 6.10 Å². The maximum Gasteiger partial charge on any atom is 0.339 e. The van der Waals surface area contributed by atoms with Gasteiger partial charge in [-0.3, -0.25) is 4.79 Å². The fourth-order valence-electron chi connectivity index (χ4n) is 2.27. The zero-order valence-electron chi connectivity index (χ0n) is 12.7. The van der Waals surface area contributed by atoms with Crippen molar-refractivity contribution in [2.45, 2.75) is 6.10 Å². The summed E-state index contributed by atoms with van der Waals surface area (Å²) in [7, 11) is 1.26. The Morgan fingerprint density at radius 3 is 2.71 bits per heavy atom. The first kappa shape index (κ1) is 16.1. The summed E-state index contributed by atoms with van der Waals surface area (Å²) < 4.78 is 15.9. The van der Waals surface area contributed by atoms with E-state index in [0.717, 1.165) is 0 Å². The molecular weight excluding hydrogens is 334 g/mol. The number of nitrogens with one attached hydrogen (secondary N) is 1. The van der Waals surface area contributed by atoms with E-state index in [9.17, 15) is 9.59 Å². The van der Waals surface area contributed by atoms with Crippen molar-refractivity contribution in [3.05, 3.63) is 53.1 Å². The summed E-state index contributed by atoms with van der Waals surface area (Å²) in [6.45, 7) is 0.0664. The highest BCUT2D eigenvalue weighted by atomic mass is 35.5. The zero-order valence-corrected chi connectivity index (χ0v) is 13.5. The lowest BCUT2D eigenvalue weighted by atomic mass is 10.1. The standard InChI is InChI=1S/C17H14ClNO5/c1-22-17(21)11-7-6-10(18)8-12(11)19-16(20)15-9-23-13-4-2-3-5-14(13)24-15/h2-8,15H,9H2,1H3,(H,19,20)/t15-/m0/s1. The number of benzene rings is 2. The second-order valence-corrected chi connectivity index (χ2v) is 5.47. The molecule has 0 bridgehead atoms. The molecule has 3 rings (SSSR count). The second-order valence-electron chi connectivity index (χ2n) is 5.03. The van der Waals surface area contributed by atoms with Gasteiger partial charge in [-0.1, -0.05) is 23.7 Å². The summed E-state index contributed by atoms with van der Waals surface area (Å²) in [6, 6.07) is 11.6. The number of amides is 1. The molecule has 24 heavy (non-hydrogen) atoms. The highest BCUT2D eigenvalue weighted by Crippen LogP contribution is 2.31. The Labute approximate surface area is 143 Å². The van der Waals surface area contributed by atoms with Gasteiger partial charge in [0.05, 0.1) is 18.4 Å². The number of hydrogen-bond donors (Lipinski definition) is 1. The number of ether oxygens (including phenoxy) is 3. The highest BCUT2D eigenvalue weighted by Gasteiger charge is 2.28. The molecule has 0 radical (unpaired) electrons. The minimum absolute atomic E-state index is 0.0664. The lowest BCUT2D eigenvalue weighted by Gasteiger charge is -2.25. The smallest absolute Gasteiger partial charge is 0.339 e. The van der Waals surface area contributed by atoms with Gasteiger partial charge in [-0.05, 0) is 30.3 Å². The molecule has 1 aliphatic rings. The predicted molar refractivity (Wildman–Crippen MR) is 87.8 cm³/mol. The fourth-order valence-corrected chi connectivity index (χ4v) is 2.44. The molecule has 1 amide bonds. The number of carbonyl (C=O) groups is 2. The third kappa shape index (κ3) is 3.28. The van der Waals surface area contributed by atoms with Crippen LogP contribution in [0.15, 0.2) is 42.5 Å². The van der Waals surface area contributed by atoms with Gasteiger partial charge in [0.1, 0.15) is 6.61 Å². The highest BCUT2D eigenvalue weighted by molar-refractivity contribution is 6.31. The summed E-state index contributed by atoms with van der Waals surface area (Å²) in [5.74, 6) is 0.0489. The Kier molecular flexibility index (Phi) is 4.57. The van der Waals surface area contributed by atoms with Crippen LogP contribution in [-0.4, -0.2) is 31.7 Å². The van der Waals surface area contributed by atoms with Crippen LogP contribution in [0, 0.1) is 0 Å². The quantitative estimate of drug-likeness (QED) is 0.864. The first-order chi connectivity index (χ1) is 11.6. The van der Waals surface area contributed by atoms with Crippen LogP contribution >= 0.6 is 11.6 Å². The maximum atomic E-state index is 12.4. The fraction of sp³-hybridized carbons (Fsp3) is 0.176. The minimum Gasteiger partial charge on any atom is -0.485 e. The van der Waals surface area contributed by atoms with Crippen LogP contribution in [0.4, 0.5) is 5.69 Å². The third-order valence-electron chi connectivity index (χ3n) is 3.45. The summed E-state index contributed by atoms with van der Waals surface area (Å²) in [4.78, 5) is 24.2. The van der Waals surface area contributed by atoms with Crippen LogP contribution in [-0.2, 0) is 9.53 Å². The van der Waals surface area contributed by atoms with Gasteiger partial charge >= 0.3 is 5.97 Å². The van der Waals surface area contributed by atoms with Crippen LogP contribution in [0.5, 0.6) is 11.5 Å². The van der Waals surface area contributed by atoms with Crippen LogP contribution in [0.3, 0.4) is 0 Å². The molecule has 0 spiro atoms. The number of carbonyl (C=O) groups excluding carboxylic acids is 2. The van der Waals surface area contributed by atoms with E-state index in [1.165, 1.54) is 19.2 Å². The van der Waals surface area contributed by atoms with Gasteiger partial charge in [0.15, 0.2) is 11.5 Å². The van der Waals surface area contributed by atoms with Gasteiger partial charge in [-0.15, -0.1) is 0 Å². The molecular formula is C17H14ClNO5. The molecule has 1 aliphatic heterocycles. The van der Waals surface area contributed by atoms with E-state index >= 15 is 0 Å². The number of rotatable bonds is 3. The molecule has 2 aromatic rings. The van der Waals surface area contributed by atoms with E-state index in [2.05, 4.69) is 5.32 Å². The lowest BCUT2D eigenvalue weighted by molar-refractivity contribution is -0.125. The van der Waals surface area contributed by atoms with Crippen molar-refractivity contribution in [1.29, 1.82) is 0 Å². The number of methoxy groups -OCH3 is 1. The molecule has 0 unspecified atom stereocenters. The van der Waals surface area contributed by atoms with Crippen molar-refractivity contribution in [1.82, 2.24) is 0 Å². The first-order valence-electron chi connectivity index (χ1n) is 7.15. The molecule has 1 heterocycles. The Bertz CT molecular complexity index is 792. The Balaban J connectivity index is 1.78. The van der Waals surface area contributed by atoms with Crippen LogP contribution < -0.4 is 14.8 Å². The van der Waals surface area contributed by atoms with Gasteiger partial charge in [-0.2, -0.15) is 0 Å². The van der Waals surface area contributed by atoms with E-state index in [0.29, 0.717) is 16.5 Å². The summed E-state index contributed by atoms with van der Waals surface area (Å²) in [5, 5.41) is 3.02. The van der Waals surface area contributed by atoms with Gasteiger partial charge in [0, 0.05) is 5.02 Å². The minimum atomic E-state index is -0.843. The monoisotopic (exact) mass is 347 g/mol. The molecule has 1 N–H and O–H groups in total. The van der Waals surface area contributed by atoms with E-state index in [4.69, 9.17) is 25.8 Å². The maximum absolute atomic E-state index is 12.4.